The van der Waals surface area contributed by atoms with Crippen LogP contribution in [0.25, 0.3) is 0 Å². The molecule has 1 rings (SSSR count). The van der Waals surface area contributed by atoms with Crippen LogP contribution < -0.4 is 4.74 Å². The molecule has 5 heteroatoms. The van der Waals surface area contributed by atoms with Crippen molar-refractivity contribution in [3.8, 4) is 5.75 Å². The van der Waals surface area contributed by atoms with Gasteiger partial charge in [0.2, 0.25) is 0 Å². The van der Waals surface area contributed by atoms with Crippen LogP contribution in [-0.4, -0.2) is 19.2 Å². The number of unbranched alkanes of at least 4 members (excludes halogenated alkanes) is 1. The highest BCUT2D eigenvalue weighted by Crippen LogP contribution is 2.23. The Balaban J connectivity index is 2.75. The number of carbonyl (C=O) groups is 1. The zero-order chi connectivity index (χ0) is 13.5. The SMILES string of the molecule is CCCCC(Oc1ccc(F)c(Br)c1)C(=O)OC. The molecule has 18 heavy (non-hydrogen) atoms. The van der Waals surface area contributed by atoms with Crippen molar-refractivity contribution in [1.29, 1.82) is 0 Å². The molecule has 0 amide bonds. The molecule has 0 radical (unpaired) electrons. The van der Waals surface area contributed by atoms with Gasteiger partial charge in [-0.25, -0.2) is 9.18 Å². The lowest BCUT2D eigenvalue weighted by Gasteiger charge is -2.16. The number of halogens is 2. The standard InChI is InChI=1S/C13H16BrFO3/c1-3-4-5-12(13(16)17-2)18-9-6-7-11(15)10(14)8-9/h6-8,12H,3-5H2,1-2H3. The summed E-state index contributed by atoms with van der Waals surface area (Å²) < 4.78 is 23.6. The van der Waals surface area contributed by atoms with Crippen molar-refractivity contribution >= 4 is 21.9 Å². The molecule has 0 aliphatic heterocycles. The van der Waals surface area contributed by atoms with Gasteiger partial charge in [0.1, 0.15) is 11.6 Å². The van der Waals surface area contributed by atoms with E-state index in [1.54, 1.807) is 0 Å². The summed E-state index contributed by atoms with van der Waals surface area (Å²) in [6, 6.07) is 4.27. The Morgan fingerprint density at radius 2 is 2.22 bits per heavy atom. The number of hydrogen-bond donors (Lipinski definition) is 0. The van der Waals surface area contributed by atoms with Gasteiger partial charge >= 0.3 is 5.97 Å². The summed E-state index contributed by atoms with van der Waals surface area (Å²) in [5, 5.41) is 0. The van der Waals surface area contributed by atoms with Crippen LogP contribution in [0.2, 0.25) is 0 Å². The molecule has 3 nitrogen and oxygen atoms in total. The number of methoxy groups -OCH3 is 1. The van der Waals surface area contributed by atoms with Crippen LogP contribution in [0.4, 0.5) is 4.39 Å². The predicted molar refractivity (Wildman–Crippen MR) is 70.1 cm³/mol. The van der Waals surface area contributed by atoms with Crippen molar-refractivity contribution in [2.75, 3.05) is 7.11 Å². The first kappa shape index (κ1) is 15.0. The molecular formula is C13H16BrFO3. The number of benzene rings is 1. The third-order valence-corrected chi connectivity index (χ3v) is 3.06. The molecule has 0 aromatic heterocycles. The second kappa shape index (κ2) is 7.36. The number of esters is 1. The first-order valence-electron chi connectivity index (χ1n) is 5.78. The van der Waals surface area contributed by atoms with Crippen molar-refractivity contribution in [2.45, 2.75) is 32.3 Å². The second-order valence-electron chi connectivity index (χ2n) is 3.85. The summed E-state index contributed by atoms with van der Waals surface area (Å²) in [6.45, 7) is 2.03. The fourth-order valence-electron chi connectivity index (χ4n) is 1.46. The Labute approximate surface area is 114 Å². The van der Waals surface area contributed by atoms with Gasteiger partial charge in [0, 0.05) is 0 Å². The molecule has 0 fully saturated rings. The normalized spacial score (nSPS) is 12.0. The van der Waals surface area contributed by atoms with E-state index >= 15 is 0 Å². The molecule has 0 saturated carbocycles. The van der Waals surface area contributed by atoms with E-state index in [4.69, 9.17) is 4.74 Å². The third kappa shape index (κ3) is 4.29. The number of carbonyl (C=O) groups excluding carboxylic acids is 1. The highest BCUT2D eigenvalue weighted by molar-refractivity contribution is 9.10. The minimum absolute atomic E-state index is 0.305. The van der Waals surface area contributed by atoms with Gasteiger partial charge < -0.3 is 9.47 Å². The van der Waals surface area contributed by atoms with Gasteiger partial charge in [0.15, 0.2) is 6.10 Å². The maximum Gasteiger partial charge on any atom is 0.347 e. The van der Waals surface area contributed by atoms with Crippen LogP contribution in [-0.2, 0) is 9.53 Å². The van der Waals surface area contributed by atoms with Crippen LogP contribution in [0.1, 0.15) is 26.2 Å². The van der Waals surface area contributed by atoms with Gasteiger partial charge in [-0.2, -0.15) is 0 Å². The predicted octanol–water partition coefficient (Wildman–Crippen LogP) is 3.70. The molecule has 100 valence electrons. The molecule has 0 bridgehead atoms. The van der Waals surface area contributed by atoms with E-state index in [1.165, 1.54) is 25.3 Å². The smallest absolute Gasteiger partial charge is 0.347 e. The quantitative estimate of drug-likeness (QED) is 0.750. The zero-order valence-electron chi connectivity index (χ0n) is 10.4. The average molecular weight is 319 g/mol. The molecule has 0 aliphatic carbocycles. The summed E-state index contributed by atoms with van der Waals surface area (Å²) in [5.41, 5.74) is 0. The van der Waals surface area contributed by atoms with Crippen LogP contribution in [0.15, 0.2) is 22.7 Å². The van der Waals surface area contributed by atoms with E-state index in [0.29, 0.717) is 16.6 Å². The molecule has 1 atom stereocenters. The molecule has 1 aromatic carbocycles. The Bertz CT molecular complexity index is 409. The highest BCUT2D eigenvalue weighted by atomic mass is 79.9. The largest absolute Gasteiger partial charge is 0.479 e. The fourth-order valence-corrected chi connectivity index (χ4v) is 1.82. The summed E-state index contributed by atoms with van der Waals surface area (Å²) >= 11 is 3.07. The molecule has 0 N–H and O–H groups in total. The summed E-state index contributed by atoms with van der Waals surface area (Å²) in [7, 11) is 1.32. The van der Waals surface area contributed by atoms with Crippen LogP contribution in [0.5, 0.6) is 5.75 Å². The van der Waals surface area contributed by atoms with Crippen LogP contribution in [0.3, 0.4) is 0 Å². The highest BCUT2D eigenvalue weighted by Gasteiger charge is 2.20. The Morgan fingerprint density at radius 1 is 1.50 bits per heavy atom. The van der Waals surface area contributed by atoms with E-state index in [0.717, 1.165) is 12.8 Å². The second-order valence-corrected chi connectivity index (χ2v) is 4.70. The van der Waals surface area contributed by atoms with Gasteiger partial charge in [-0.1, -0.05) is 13.3 Å². The maximum absolute atomic E-state index is 13.1. The van der Waals surface area contributed by atoms with Gasteiger partial charge in [-0.05, 0) is 47.0 Å². The van der Waals surface area contributed by atoms with Crippen molar-refractivity contribution in [3.05, 3.63) is 28.5 Å². The van der Waals surface area contributed by atoms with Crippen LogP contribution in [0, 0.1) is 5.82 Å². The first-order valence-corrected chi connectivity index (χ1v) is 6.57. The number of hydrogen-bond acceptors (Lipinski definition) is 3. The molecule has 0 saturated heterocycles. The van der Waals surface area contributed by atoms with Crippen molar-refractivity contribution < 1.29 is 18.7 Å². The van der Waals surface area contributed by atoms with Crippen molar-refractivity contribution in [1.82, 2.24) is 0 Å². The van der Waals surface area contributed by atoms with Crippen molar-refractivity contribution in [2.24, 2.45) is 0 Å². The zero-order valence-corrected chi connectivity index (χ0v) is 12.0. The molecule has 0 spiro atoms. The van der Waals surface area contributed by atoms with E-state index in [2.05, 4.69) is 20.7 Å². The Kier molecular flexibility index (Phi) is 6.12. The molecule has 0 aliphatic rings. The van der Waals surface area contributed by atoms with Gasteiger partial charge in [0.25, 0.3) is 0 Å². The summed E-state index contributed by atoms with van der Waals surface area (Å²) in [5.74, 6) is -0.343. The fraction of sp³-hybridized carbons (Fsp3) is 0.462. The topological polar surface area (TPSA) is 35.5 Å². The van der Waals surface area contributed by atoms with Gasteiger partial charge in [-0.3, -0.25) is 0 Å². The Morgan fingerprint density at radius 3 is 2.78 bits per heavy atom. The van der Waals surface area contributed by atoms with E-state index in [-0.39, 0.29) is 5.82 Å². The lowest BCUT2D eigenvalue weighted by atomic mass is 10.1. The number of rotatable bonds is 6. The number of ether oxygens (including phenoxy) is 2. The summed E-state index contributed by atoms with van der Waals surface area (Å²) in [6.07, 6.45) is 1.76. The van der Waals surface area contributed by atoms with Crippen LogP contribution >= 0.6 is 15.9 Å². The monoisotopic (exact) mass is 318 g/mol. The minimum Gasteiger partial charge on any atom is -0.479 e. The average Bonchev–Trinajstić information content (AvgIpc) is 2.37. The minimum atomic E-state index is -0.646. The summed E-state index contributed by atoms with van der Waals surface area (Å²) in [4.78, 5) is 11.5. The van der Waals surface area contributed by atoms with E-state index in [1.807, 2.05) is 6.92 Å². The van der Waals surface area contributed by atoms with Gasteiger partial charge in [0.05, 0.1) is 11.6 Å². The molecular weight excluding hydrogens is 303 g/mol. The lowest BCUT2D eigenvalue weighted by Crippen LogP contribution is -2.28. The van der Waals surface area contributed by atoms with Crippen molar-refractivity contribution in [3.63, 3.8) is 0 Å². The van der Waals surface area contributed by atoms with E-state index < -0.39 is 12.1 Å². The lowest BCUT2D eigenvalue weighted by molar-refractivity contribution is -0.149. The van der Waals surface area contributed by atoms with E-state index in [9.17, 15) is 9.18 Å². The third-order valence-electron chi connectivity index (χ3n) is 2.45. The molecule has 1 aromatic rings. The Hall–Kier alpha value is -1.10. The molecule has 0 heterocycles. The maximum atomic E-state index is 13.1. The first-order chi connectivity index (χ1) is 8.58. The molecule has 1 unspecified atom stereocenters. The van der Waals surface area contributed by atoms with Gasteiger partial charge in [-0.15, -0.1) is 0 Å².